The minimum absolute atomic E-state index is 0.110. The van der Waals surface area contributed by atoms with Crippen molar-refractivity contribution in [2.75, 3.05) is 14.1 Å². The molecular formula is C14H19B2N3. The normalized spacial score (nSPS) is 10.2. The van der Waals surface area contributed by atoms with Gasteiger partial charge >= 0.3 is 14.0 Å². The predicted molar refractivity (Wildman–Crippen MR) is 84.9 cm³/mol. The molecule has 0 spiro atoms. The Morgan fingerprint density at radius 3 is 1.32 bits per heavy atom. The molecule has 0 amide bonds. The molecule has 0 aliphatic rings. The van der Waals surface area contributed by atoms with Crippen LogP contribution < -0.4 is 26.5 Å². The summed E-state index contributed by atoms with van der Waals surface area (Å²) in [5.74, 6) is 0. The number of hydrogen-bond donors (Lipinski definition) is 3. The Kier molecular flexibility index (Phi) is 5.21. The summed E-state index contributed by atoms with van der Waals surface area (Å²) in [6, 6.07) is 20.7. The van der Waals surface area contributed by atoms with Crippen molar-refractivity contribution in [1.82, 2.24) is 15.6 Å². The minimum Gasteiger partial charge on any atom is -0.362 e. The molecule has 0 aromatic heterocycles. The molecule has 2 aromatic rings. The number of rotatable bonds is 6. The van der Waals surface area contributed by atoms with Crippen LogP contribution in [-0.2, 0) is 0 Å². The zero-order valence-electron chi connectivity index (χ0n) is 11.4. The van der Waals surface area contributed by atoms with E-state index in [2.05, 4.69) is 64.1 Å². The summed E-state index contributed by atoms with van der Waals surface area (Å²) in [7, 11) is 3.92. The summed E-state index contributed by atoms with van der Waals surface area (Å²) >= 11 is 0. The first kappa shape index (κ1) is 13.9. The van der Waals surface area contributed by atoms with E-state index in [9.17, 15) is 0 Å². The highest BCUT2D eigenvalue weighted by molar-refractivity contribution is 6.83. The van der Waals surface area contributed by atoms with E-state index in [0.717, 1.165) is 0 Å². The summed E-state index contributed by atoms with van der Waals surface area (Å²) in [6.45, 7) is 0.220. The Labute approximate surface area is 116 Å². The van der Waals surface area contributed by atoms with Gasteiger partial charge in [-0.2, -0.15) is 0 Å². The molecule has 0 atom stereocenters. The summed E-state index contributed by atoms with van der Waals surface area (Å²) in [5, 5.41) is 10.2. The smallest absolute Gasteiger partial charge is 0.330 e. The quantitative estimate of drug-likeness (QED) is 0.622. The monoisotopic (exact) mass is 251 g/mol. The van der Waals surface area contributed by atoms with Gasteiger partial charge in [-0.1, -0.05) is 60.7 Å². The molecule has 19 heavy (non-hydrogen) atoms. The van der Waals surface area contributed by atoms with E-state index in [-0.39, 0.29) is 14.0 Å². The second-order valence-corrected chi connectivity index (χ2v) is 4.43. The summed E-state index contributed by atoms with van der Waals surface area (Å²) < 4.78 is 0. The molecule has 2 aromatic carbocycles. The minimum atomic E-state index is 0.110. The first-order chi connectivity index (χ1) is 9.35. The maximum atomic E-state index is 3.56. The van der Waals surface area contributed by atoms with Gasteiger partial charge in [0.1, 0.15) is 0 Å². The average Bonchev–Trinajstić information content (AvgIpc) is 2.50. The zero-order valence-corrected chi connectivity index (χ0v) is 11.4. The maximum absolute atomic E-state index is 3.56. The van der Waals surface area contributed by atoms with Crippen LogP contribution in [0.4, 0.5) is 0 Å². The van der Waals surface area contributed by atoms with Gasteiger partial charge < -0.3 is 15.6 Å². The Bertz CT molecular complexity index is 433. The molecule has 3 N–H and O–H groups in total. The highest BCUT2D eigenvalue weighted by Gasteiger charge is 2.23. The number of hydrogen-bond acceptors (Lipinski definition) is 3. The van der Waals surface area contributed by atoms with Gasteiger partial charge in [-0.05, 0) is 25.0 Å². The van der Waals surface area contributed by atoms with E-state index in [1.54, 1.807) is 0 Å². The van der Waals surface area contributed by atoms with Crippen LogP contribution in [0, 0.1) is 0 Å². The summed E-state index contributed by atoms with van der Waals surface area (Å²) in [4.78, 5) is 0. The van der Waals surface area contributed by atoms with Gasteiger partial charge in [0.15, 0.2) is 0 Å². The molecule has 0 aliphatic heterocycles. The highest BCUT2D eigenvalue weighted by atomic mass is 15.0. The van der Waals surface area contributed by atoms with E-state index in [1.807, 2.05) is 26.2 Å². The van der Waals surface area contributed by atoms with E-state index in [0.29, 0.717) is 0 Å². The molecular weight excluding hydrogens is 232 g/mol. The van der Waals surface area contributed by atoms with E-state index in [4.69, 9.17) is 0 Å². The Morgan fingerprint density at radius 2 is 1.00 bits per heavy atom. The third-order valence-electron chi connectivity index (χ3n) is 3.18. The van der Waals surface area contributed by atoms with Gasteiger partial charge in [-0.25, -0.2) is 0 Å². The second-order valence-electron chi connectivity index (χ2n) is 4.43. The fourth-order valence-electron chi connectivity index (χ4n) is 2.15. The lowest BCUT2D eigenvalue weighted by Gasteiger charge is -2.20. The fraction of sp³-hybridized carbons (Fsp3) is 0.143. The molecule has 0 fully saturated rings. The van der Waals surface area contributed by atoms with Crippen LogP contribution in [0.2, 0.25) is 0 Å². The summed E-state index contributed by atoms with van der Waals surface area (Å²) in [5.41, 5.74) is 2.45. The standard InChI is InChI=1S/C14H19B2N3/c1-17-15(13-9-5-3-6-10-13)19-16(18-2)14-11-7-4-8-12-14/h3-12,17-19H,1-2H3. The van der Waals surface area contributed by atoms with Crippen molar-refractivity contribution >= 4 is 24.9 Å². The Balaban J connectivity index is 2.13. The molecule has 0 bridgehead atoms. The third kappa shape index (κ3) is 3.70. The van der Waals surface area contributed by atoms with Crippen LogP contribution >= 0.6 is 0 Å². The van der Waals surface area contributed by atoms with Gasteiger partial charge in [0.2, 0.25) is 0 Å². The molecule has 0 heterocycles. The SMILES string of the molecule is CNB(NB(NC)c1ccccc1)c1ccccc1. The molecule has 0 unspecified atom stereocenters. The van der Waals surface area contributed by atoms with Crippen LogP contribution in [0.25, 0.3) is 0 Å². The molecule has 0 radical (unpaired) electrons. The molecule has 0 saturated heterocycles. The first-order valence-corrected chi connectivity index (χ1v) is 6.55. The number of nitrogens with one attached hydrogen (secondary N) is 3. The van der Waals surface area contributed by atoms with Crippen molar-refractivity contribution in [3.8, 4) is 0 Å². The fourth-order valence-corrected chi connectivity index (χ4v) is 2.15. The molecule has 5 heteroatoms. The van der Waals surface area contributed by atoms with E-state index >= 15 is 0 Å². The lowest BCUT2D eigenvalue weighted by atomic mass is 9.56. The van der Waals surface area contributed by atoms with Crippen molar-refractivity contribution in [2.45, 2.75) is 0 Å². The lowest BCUT2D eigenvalue weighted by molar-refractivity contribution is 1.12. The van der Waals surface area contributed by atoms with Crippen LogP contribution in [-0.4, -0.2) is 28.1 Å². The van der Waals surface area contributed by atoms with Gasteiger partial charge in [0.25, 0.3) is 0 Å². The average molecular weight is 251 g/mol. The molecule has 2 rings (SSSR count). The van der Waals surface area contributed by atoms with Crippen LogP contribution in [0.1, 0.15) is 0 Å². The predicted octanol–water partition coefficient (Wildman–Crippen LogP) is -0.194. The van der Waals surface area contributed by atoms with Crippen molar-refractivity contribution in [3.63, 3.8) is 0 Å². The van der Waals surface area contributed by atoms with Crippen molar-refractivity contribution < 1.29 is 0 Å². The lowest BCUT2D eigenvalue weighted by Crippen LogP contribution is -2.67. The molecule has 96 valence electrons. The van der Waals surface area contributed by atoms with Gasteiger partial charge in [0.05, 0.1) is 0 Å². The van der Waals surface area contributed by atoms with Crippen molar-refractivity contribution in [2.24, 2.45) is 0 Å². The third-order valence-corrected chi connectivity index (χ3v) is 3.18. The second kappa shape index (κ2) is 7.14. The maximum Gasteiger partial charge on any atom is 0.330 e. The highest BCUT2D eigenvalue weighted by Crippen LogP contribution is 1.87. The largest absolute Gasteiger partial charge is 0.362 e. The Morgan fingerprint density at radius 1 is 0.632 bits per heavy atom. The van der Waals surface area contributed by atoms with E-state index in [1.165, 1.54) is 10.9 Å². The van der Waals surface area contributed by atoms with Crippen molar-refractivity contribution in [1.29, 1.82) is 0 Å². The van der Waals surface area contributed by atoms with Crippen LogP contribution in [0.15, 0.2) is 60.7 Å². The number of benzene rings is 2. The van der Waals surface area contributed by atoms with Gasteiger partial charge in [0, 0.05) is 0 Å². The van der Waals surface area contributed by atoms with E-state index < -0.39 is 0 Å². The first-order valence-electron chi connectivity index (χ1n) is 6.55. The van der Waals surface area contributed by atoms with Gasteiger partial charge in [-0.3, -0.25) is 0 Å². The van der Waals surface area contributed by atoms with Crippen LogP contribution in [0.5, 0.6) is 0 Å². The van der Waals surface area contributed by atoms with Crippen LogP contribution in [0.3, 0.4) is 0 Å². The Hall–Kier alpha value is -1.55. The molecule has 0 aliphatic carbocycles. The molecule has 0 saturated carbocycles. The van der Waals surface area contributed by atoms with Crippen molar-refractivity contribution in [3.05, 3.63) is 60.7 Å². The summed E-state index contributed by atoms with van der Waals surface area (Å²) in [6.07, 6.45) is 0. The zero-order chi connectivity index (χ0) is 13.5. The molecule has 3 nitrogen and oxygen atoms in total. The topological polar surface area (TPSA) is 36.1 Å². The van der Waals surface area contributed by atoms with Gasteiger partial charge in [-0.15, -0.1) is 0 Å².